The lowest BCUT2D eigenvalue weighted by molar-refractivity contribution is -0.197. The number of para-hydroxylation sites is 1. The van der Waals surface area contributed by atoms with E-state index in [1.165, 1.54) is 6.07 Å². The molecule has 0 atom stereocenters. The molecule has 0 unspecified atom stereocenters. The van der Waals surface area contributed by atoms with Crippen LogP contribution < -0.4 is 11.1 Å². The summed E-state index contributed by atoms with van der Waals surface area (Å²) in [6.07, 6.45) is 2.73. The number of benzene rings is 2. The van der Waals surface area contributed by atoms with Crippen molar-refractivity contribution in [3.63, 3.8) is 0 Å². The van der Waals surface area contributed by atoms with Gasteiger partial charge in [-0.2, -0.15) is 0 Å². The van der Waals surface area contributed by atoms with Gasteiger partial charge in [0.25, 0.3) is 11.8 Å². The van der Waals surface area contributed by atoms with E-state index in [1.54, 1.807) is 12.1 Å². The van der Waals surface area contributed by atoms with E-state index in [1.807, 2.05) is 22.8 Å². The molecule has 1 saturated heterocycles. The van der Waals surface area contributed by atoms with Crippen LogP contribution in [0.4, 0.5) is 5.82 Å². The molecule has 0 aliphatic carbocycles. The van der Waals surface area contributed by atoms with Gasteiger partial charge in [0.05, 0.1) is 17.6 Å². The number of aryl methyl sites for hydroxylation is 1. The van der Waals surface area contributed by atoms with Crippen LogP contribution in [0.3, 0.4) is 0 Å². The summed E-state index contributed by atoms with van der Waals surface area (Å²) in [5, 5.41) is 24.7. The molecule has 230 valence electrons. The number of imidazole rings is 1. The Morgan fingerprint density at radius 3 is 2.57 bits per heavy atom. The van der Waals surface area contributed by atoms with Crippen LogP contribution >= 0.6 is 0 Å². The SMILES string of the molecule is CCCCc1nc2c(N)nc3cc(CNC(=O)CCCC(=O)ON4C(=O)CCC4=O)ccc3c2n1Cc1cccc(O)c1O. The number of nitrogens with one attached hydrogen (secondary N) is 1. The number of phenols is 2. The van der Waals surface area contributed by atoms with Crippen LogP contribution in [-0.4, -0.2) is 53.5 Å². The van der Waals surface area contributed by atoms with E-state index < -0.39 is 17.8 Å². The predicted octanol–water partition coefficient (Wildman–Crippen LogP) is 3.36. The van der Waals surface area contributed by atoms with Crippen molar-refractivity contribution in [2.45, 2.75) is 71.4 Å². The average molecular weight is 603 g/mol. The minimum absolute atomic E-state index is 0.0174. The van der Waals surface area contributed by atoms with Crippen LogP contribution in [0, 0.1) is 0 Å². The summed E-state index contributed by atoms with van der Waals surface area (Å²) < 4.78 is 2.00. The topological polar surface area (TPSA) is 190 Å². The number of pyridine rings is 1. The third-order valence-corrected chi connectivity index (χ3v) is 7.50. The molecule has 1 fully saturated rings. The summed E-state index contributed by atoms with van der Waals surface area (Å²) in [5.41, 5.74) is 9.63. The molecule has 0 spiro atoms. The quantitative estimate of drug-likeness (QED) is 0.138. The lowest BCUT2D eigenvalue weighted by atomic mass is 10.1. The number of amides is 3. The van der Waals surface area contributed by atoms with Crippen LogP contribution in [0.2, 0.25) is 0 Å². The second-order valence-corrected chi connectivity index (χ2v) is 10.7. The third-order valence-electron chi connectivity index (χ3n) is 7.50. The molecule has 5 N–H and O–H groups in total. The number of nitrogen functional groups attached to an aromatic ring is 1. The van der Waals surface area contributed by atoms with Gasteiger partial charge in [0, 0.05) is 49.6 Å². The smallest absolute Gasteiger partial charge is 0.333 e. The van der Waals surface area contributed by atoms with Crippen molar-refractivity contribution >= 4 is 51.4 Å². The third kappa shape index (κ3) is 6.41. The Balaban J connectivity index is 1.29. The summed E-state index contributed by atoms with van der Waals surface area (Å²) in [7, 11) is 0. The molecule has 0 radical (unpaired) electrons. The molecule has 2 aromatic carbocycles. The Hall–Kier alpha value is -5.20. The van der Waals surface area contributed by atoms with E-state index in [4.69, 9.17) is 15.6 Å². The fourth-order valence-corrected chi connectivity index (χ4v) is 5.17. The molecule has 0 saturated carbocycles. The fraction of sp³-hybridized carbons (Fsp3) is 0.355. The highest BCUT2D eigenvalue weighted by molar-refractivity contribution is 6.07. The van der Waals surface area contributed by atoms with Gasteiger partial charge < -0.3 is 30.7 Å². The number of carbonyl (C=O) groups excluding carboxylic acids is 4. The molecule has 3 amide bonds. The van der Waals surface area contributed by atoms with Crippen LogP contribution in [0.5, 0.6) is 11.5 Å². The lowest BCUT2D eigenvalue weighted by Crippen LogP contribution is -2.32. The van der Waals surface area contributed by atoms with Crippen LogP contribution in [0.1, 0.15) is 68.8 Å². The Morgan fingerprint density at radius 1 is 1.05 bits per heavy atom. The number of fused-ring (bicyclic) bond motifs is 3. The Kier molecular flexibility index (Phi) is 8.93. The number of anilines is 1. The minimum Gasteiger partial charge on any atom is -0.504 e. The average Bonchev–Trinajstić information content (AvgIpc) is 3.52. The Labute approximate surface area is 252 Å². The molecule has 44 heavy (non-hydrogen) atoms. The normalized spacial score (nSPS) is 13.2. The zero-order valence-corrected chi connectivity index (χ0v) is 24.3. The maximum absolute atomic E-state index is 12.4. The number of hydrogen-bond acceptors (Lipinski definition) is 10. The molecule has 2 aromatic heterocycles. The first-order valence-electron chi connectivity index (χ1n) is 14.6. The van der Waals surface area contributed by atoms with Crippen molar-refractivity contribution in [3.8, 4) is 11.5 Å². The number of unbranched alkanes of at least 4 members (excludes halogenated alkanes) is 1. The summed E-state index contributed by atoms with van der Waals surface area (Å²) in [4.78, 5) is 61.7. The summed E-state index contributed by atoms with van der Waals surface area (Å²) in [6, 6.07) is 10.5. The van der Waals surface area contributed by atoms with Gasteiger partial charge in [0.1, 0.15) is 11.3 Å². The highest BCUT2D eigenvalue weighted by atomic mass is 16.7. The van der Waals surface area contributed by atoms with Gasteiger partial charge >= 0.3 is 5.97 Å². The number of aromatic hydroxyl groups is 2. The number of nitrogens with two attached hydrogens (primary N) is 1. The number of carbonyl (C=O) groups is 4. The van der Waals surface area contributed by atoms with Crippen molar-refractivity contribution in [3.05, 3.63) is 53.3 Å². The van der Waals surface area contributed by atoms with Crippen molar-refractivity contribution in [1.82, 2.24) is 24.9 Å². The number of hydrogen-bond donors (Lipinski definition) is 4. The molecule has 4 aromatic rings. The highest BCUT2D eigenvalue weighted by Gasteiger charge is 2.32. The second kappa shape index (κ2) is 13.0. The molecule has 1 aliphatic rings. The molecule has 0 bridgehead atoms. The van der Waals surface area contributed by atoms with Crippen LogP contribution in [0.25, 0.3) is 21.9 Å². The van der Waals surface area contributed by atoms with Gasteiger partial charge in [-0.3, -0.25) is 14.4 Å². The first-order chi connectivity index (χ1) is 21.2. The monoisotopic (exact) mass is 602 g/mol. The molecular weight excluding hydrogens is 568 g/mol. The Morgan fingerprint density at radius 2 is 1.82 bits per heavy atom. The number of imide groups is 1. The molecule has 13 nitrogen and oxygen atoms in total. The van der Waals surface area contributed by atoms with E-state index in [0.29, 0.717) is 28.1 Å². The first-order valence-corrected chi connectivity index (χ1v) is 14.6. The van der Waals surface area contributed by atoms with E-state index in [-0.39, 0.29) is 68.4 Å². The van der Waals surface area contributed by atoms with Gasteiger partial charge in [-0.25, -0.2) is 14.8 Å². The molecule has 3 heterocycles. The van der Waals surface area contributed by atoms with Gasteiger partial charge in [-0.05, 0) is 30.5 Å². The lowest BCUT2D eigenvalue weighted by Gasteiger charge is -2.13. The Bertz CT molecular complexity index is 1750. The second-order valence-electron chi connectivity index (χ2n) is 10.7. The maximum Gasteiger partial charge on any atom is 0.333 e. The molecule has 13 heteroatoms. The molecular formula is C31H34N6O7. The summed E-state index contributed by atoms with van der Waals surface area (Å²) >= 11 is 0. The number of aromatic nitrogens is 3. The van der Waals surface area contributed by atoms with Crippen molar-refractivity contribution in [2.75, 3.05) is 5.73 Å². The van der Waals surface area contributed by atoms with Crippen molar-refractivity contribution < 1.29 is 34.2 Å². The van der Waals surface area contributed by atoms with Gasteiger partial charge in [-0.1, -0.05) is 37.6 Å². The van der Waals surface area contributed by atoms with Crippen molar-refractivity contribution in [2.24, 2.45) is 0 Å². The van der Waals surface area contributed by atoms with Gasteiger partial charge in [-0.15, -0.1) is 5.06 Å². The standard InChI is InChI=1S/C31H34N6O7/c1-2-3-8-23-35-28-29(36(23)17-19-6-4-7-22(38)30(19)43)20-12-11-18(15-21(20)34-31(28)32)16-33-24(39)9-5-10-27(42)44-37-25(40)13-14-26(37)41/h4,6-7,11-12,15,38,43H,2-3,5,8-10,13-14,16-17H2,1H3,(H2,32,34)(H,33,39). The number of phenolic OH excluding ortho intramolecular Hbond substituents is 2. The van der Waals surface area contributed by atoms with E-state index >= 15 is 0 Å². The minimum atomic E-state index is -0.748. The fourth-order valence-electron chi connectivity index (χ4n) is 5.17. The van der Waals surface area contributed by atoms with E-state index in [0.717, 1.165) is 35.1 Å². The summed E-state index contributed by atoms with van der Waals surface area (Å²) in [5.74, 6) is -1.46. The zero-order chi connectivity index (χ0) is 31.4. The maximum atomic E-state index is 12.4. The number of nitrogens with zero attached hydrogens (tertiary/aromatic N) is 4. The first kappa shape index (κ1) is 30.3. The van der Waals surface area contributed by atoms with Gasteiger partial charge in [0.2, 0.25) is 5.91 Å². The van der Waals surface area contributed by atoms with E-state index in [9.17, 15) is 29.4 Å². The van der Waals surface area contributed by atoms with Gasteiger partial charge in [0.15, 0.2) is 17.3 Å². The van der Waals surface area contributed by atoms with Crippen molar-refractivity contribution in [1.29, 1.82) is 0 Å². The van der Waals surface area contributed by atoms with E-state index in [2.05, 4.69) is 17.2 Å². The zero-order valence-electron chi connectivity index (χ0n) is 24.3. The predicted molar refractivity (Wildman–Crippen MR) is 160 cm³/mol. The van der Waals surface area contributed by atoms with Crippen LogP contribution in [-0.2, 0) is 43.5 Å². The number of hydroxylamine groups is 2. The highest BCUT2D eigenvalue weighted by Crippen LogP contribution is 2.34. The largest absolute Gasteiger partial charge is 0.504 e. The summed E-state index contributed by atoms with van der Waals surface area (Å²) in [6.45, 7) is 2.58. The number of rotatable bonds is 12. The molecule has 1 aliphatic heterocycles. The van der Waals surface area contributed by atoms with Crippen LogP contribution in [0.15, 0.2) is 36.4 Å². The molecule has 5 rings (SSSR count).